The van der Waals surface area contributed by atoms with Crippen LogP contribution in [0, 0.1) is 5.92 Å². The minimum Gasteiger partial charge on any atom is -0.357 e. The predicted octanol–water partition coefficient (Wildman–Crippen LogP) is 2.74. The highest BCUT2D eigenvalue weighted by Crippen LogP contribution is 2.05. The summed E-state index contributed by atoms with van der Waals surface area (Å²) < 4.78 is 2.05. The van der Waals surface area contributed by atoms with Crippen LogP contribution in [0.1, 0.15) is 32.3 Å². The topological polar surface area (TPSA) is 41.4 Å². The van der Waals surface area contributed by atoms with Gasteiger partial charge in [0, 0.05) is 39.6 Å². The third kappa shape index (κ3) is 6.84. The van der Waals surface area contributed by atoms with Gasteiger partial charge in [-0.25, -0.2) is 0 Å². The van der Waals surface area contributed by atoms with Crippen molar-refractivity contribution in [1.29, 1.82) is 0 Å². The van der Waals surface area contributed by atoms with Gasteiger partial charge in [-0.3, -0.25) is 4.99 Å². The smallest absolute Gasteiger partial charge is 0.191 e. The molecular formula is C14H27IN4. The molecule has 1 rings (SSSR count). The van der Waals surface area contributed by atoms with Crippen molar-refractivity contribution in [3.8, 4) is 0 Å². The van der Waals surface area contributed by atoms with Crippen molar-refractivity contribution < 1.29 is 0 Å². The second-order valence-corrected chi connectivity index (χ2v) is 4.67. The van der Waals surface area contributed by atoms with E-state index in [0.717, 1.165) is 25.0 Å². The Bertz CT molecular complexity index is 369. The molecule has 0 radical (unpaired) electrons. The Morgan fingerprint density at radius 2 is 2.00 bits per heavy atom. The maximum atomic E-state index is 4.24. The van der Waals surface area contributed by atoms with Gasteiger partial charge in [-0.2, -0.15) is 0 Å². The molecule has 19 heavy (non-hydrogen) atoms. The van der Waals surface area contributed by atoms with E-state index in [4.69, 9.17) is 0 Å². The first-order valence-electron chi connectivity index (χ1n) is 6.74. The van der Waals surface area contributed by atoms with Crippen molar-refractivity contribution in [2.24, 2.45) is 18.0 Å². The Labute approximate surface area is 134 Å². The lowest BCUT2D eigenvalue weighted by atomic mass is 10.0. The van der Waals surface area contributed by atoms with Gasteiger partial charge in [-0.1, -0.05) is 26.7 Å². The molecule has 0 bridgehead atoms. The van der Waals surface area contributed by atoms with Gasteiger partial charge in [0.05, 0.1) is 0 Å². The molecule has 110 valence electrons. The van der Waals surface area contributed by atoms with Crippen molar-refractivity contribution in [2.75, 3.05) is 13.6 Å². The molecule has 0 aliphatic carbocycles. The molecule has 0 unspecified atom stereocenters. The number of halogens is 1. The Balaban J connectivity index is 0.00000324. The van der Waals surface area contributed by atoms with Crippen LogP contribution >= 0.6 is 24.0 Å². The first-order chi connectivity index (χ1) is 8.69. The number of aliphatic imine (C=N–C) groups is 1. The number of aromatic nitrogens is 1. The highest BCUT2D eigenvalue weighted by atomic mass is 127. The summed E-state index contributed by atoms with van der Waals surface area (Å²) in [4.78, 5) is 4.24. The number of nitrogens with one attached hydrogen (secondary N) is 2. The third-order valence-corrected chi connectivity index (χ3v) is 3.29. The molecule has 0 aliphatic heterocycles. The second kappa shape index (κ2) is 10.1. The SMILES string of the molecule is CCC(CC)CNC(=NC)NCc1ccn(C)c1.I. The molecule has 0 saturated heterocycles. The number of hydrogen-bond donors (Lipinski definition) is 2. The molecule has 5 heteroatoms. The number of rotatable bonds is 6. The zero-order valence-electron chi connectivity index (χ0n) is 12.4. The second-order valence-electron chi connectivity index (χ2n) is 4.67. The van der Waals surface area contributed by atoms with Crippen molar-refractivity contribution in [2.45, 2.75) is 33.2 Å². The van der Waals surface area contributed by atoms with Crippen LogP contribution < -0.4 is 10.6 Å². The van der Waals surface area contributed by atoms with Crippen LogP contribution in [0.3, 0.4) is 0 Å². The van der Waals surface area contributed by atoms with Crippen LogP contribution in [0.5, 0.6) is 0 Å². The van der Waals surface area contributed by atoms with E-state index in [2.05, 4.69) is 52.5 Å². The maximum Gasteiger partial charge on any atom is 0.191 e. The average molecular weight is 378 g/mol. The van der Waals surface area contributed by atoms with E-state index in [1.165, 1.54) is 18.4 Å². The lowest BCUT2D eigenvalue weighted by Crippen LogP contribution is -2.39. The Morgan fingerprint density at radius 3 is 2.47 bits per heavy atom. The molecular weight excluding hydrogens is 351 g/mol. The van der Waals surface area contributed by atoms with Crippen LogP contribution in [0.4, 0.5) is 0 Å². The van der Waals surface area contributed by atoms with Crippen molar-refractivity contribution >= 4 is 29.9 Å². The van der Waals surface area contributed by atoms with Crippen molar-refractivity contribution in [3.05, 3.63) is 24.0 Å². The zero-order valence-corrected chi connectivity index (χ0v) is 14.8. The van der Waals surface area contributed by atoms with Gasteiger partial charge in [-0.05, 0) is 17.5 Å². The first-order valence-corrected chi connectivity index (χ1v) is 6.74. The maximum absolute atomic E-state index is 4.24. The summed E-state index contributed by atoms with van der Waals surface area (Å²) in [6.45, 7) is 6.26. The van der Waals surface area contributed by atoms with Crippen LogP contribution in [-0.4, -0.2) is 24.1 Å². The molecule has 0 atom stereocenters. The molecule has 0 aliphatic rings. The zero-order chi connectivity index (χ0) is 13.4. The van der Waals surface area contributed by atoms with E-state index in [0.29, 0.717) is 0 Å². The van der Waals surface area contributed by atoms with Crippen LogP contribution in [0.2, 0.25) is 0 Å². The fourth-order valence-corrected chi connectivity index (χ4v) is 1.89. The summed E-state index contributed by atoms with van der Waals surface area (Å²) in [5.74, 6) is 1.60. The molecule has 0 fully saturated rings. The van der Waals surface area contributed by atoms with E-state index < -0.39 is 0 Å². The van der Waals surface area contributed by atoms with Crippen molar-refractivity contribution in [1.82, 2.24) is 15.2 Å². The first kappa shape index (κ1) is 18.3. The van der Waals surface area contributed by atoms with E-state index in [1.54, 1.807) is 0 Å². The lowest BCUT2D eigenvalue weighted by molar-refractivity contribution is 0.481. The molecule has 4 nitrogen and oxygen atoms in total. The van der Waals surface area contributed by atoms with Gasteiger partial charge < -0.3 is 15.2 Å². The summed E-state index contributed by atoms with van der Waals surface area (Å²) in [5, 5.41) is 6.71. The highest BCUT2D eigenvalue weighted by molar-refractivity contribution is 14.0. The van der Waals surface area contributed by atoms with Gasteiger partial charge in [0.15, 0.2) is 5.96 Å². The van der Waals surface area contributed by atoms with E-state index in [9.17, 15) is 0 Å². The normalized spacial score (nSPS) is 11.3. The number of guanidine groups is 1. The average Bonchev–Trinajstić information content (AvgIpc) is 2.80. The van der Waals surface area contributed by atoms with Gasteiger partial charge in [0.1, 0.15) is 0 Å². The summed E-state index contributed by atoms with van der Waals surface area (Å²) in [5.41, 5.74) is 1.27. The standard InChI is InChI=1S/C14H26N4.HI/c1-5-12(6-2)9-16-14(15-3)17-10-13-7-8-18(4)11-13;/h7-8,11-12H,5-6,9-10H2,1-4H3,(H2,15,16,17);1H. The lowest BCUT2D eigenvalue weighted by Gasteiger charge is -2.16. The molecule has 0 aromatic carbocycles. The Morgan fingerprint density at radius 1 is 1.32 bits per heavy atom. The summed E-state index contributed by atoms with van der Waals surface area (Å²) in [6.07, 6.45) is 6.58. The Hall–Kier alpha value is -0.720. The van der Waals surface area contributed by atoms with Crippen LogP contribution in [0.15, 0.2) is 23.5 Å². The minimum absolute atomic E-state index is 0. The number of hydrogen-bond acceptors (Lipinski definition) is 1. The predicted molar refractivity (Wildman–Crippen MR) is 93.1 cm³/mol. The van der Waals surface area contributed by atoms with E-state index in [1.807, 2.05) is 14.1 Å². The minimum atomic E-state index is 0. The molecule has 0 amide bonds. The molecule has 0 saturated carbocycles. The fourth-order valence-electron chi connectivity index (χ4n) is 1.89. The molecule has 1 aromatic heterocycles. The van der Waals surface area contributed by atoms with Gasteiger partial charge in [0.2, 0.25) is 0 Å². The van der Waals surface area contributed by atoms with Crippen LogP contribution in [-0.2, 0) is 13.6 Å². The van der Waals surface area contributed by atoms with Gasteiger partial charge in [0.25, 0.3) is 0 Å². The number of nitrogens with zero attached hydrogens (tertiary/aromatic N) is 2. The third-order valence-electron chi connectivity index (χ3n) is 3.29. The Kier molecular flexibility index (Phi) is 9.73. The quantitative estimate of drug-likeness (QED) is 0.454. The largest absolute Gasteiger partial charge is 0.357 e. The van der Waals surface area contributed by atoms with Gasteiger partial charge in [-0.15, -0.1) is 24.0 Å². The van der Waals surface area contributed by atoms with E-state index >= 15 is 0 Å². The highest BCUT2D eigenvalue weighted by Gasteiger charge is 2.04. The fraction of sp³-hybridized carbons (Fsp3) is 0.643. The molecule has 1 aromatic rings. The summed E-state index contributed by atoms with van der Waals surface area (Å²) in [7, 11) is 3.84. The van der Waals surface area contributed by atoms with E-state index in [-0.39, 0.29) is 24.0 Å². The monoisotopic (exact) mass is 378 g/mol. The molecule has 0 spiro atoms. The number of aryl methyl sites for hydroxylation is 1. The van der Waals surface area contributed by atoms with Crippen LogP contribution in [0.25, 0.3) is 0 Å². The molecule has 1 heterocycles. The van der Waals surface area contributed by atoms with Gasteiger partial charge >= 0.3 is 0 Å². The van der Waals surface area contributed by atoms with Crippen molar-refractivity contribution in [3.63, 3.8) is 0 Å². The summed E-state index contributed by atoms with van der Waals surface area (Å²) in [6, 6.07) is 2.11. The molecule has 2 N–H and O–H groups in total. The summed E-state index contributed by atoms with van der Waals surface area (Å²) >= 11 is 0.